The molecule has 1 N–H and O–H groups in total. The summed E-state index contributed by atoms with van der Waals surface area (Å²) in [5.74, 6) is 1.22. The fourth-order valence-electron chi connectivity index (χ4n) is 2.74. The monoisotopic (exact) mass is 240 g/mol. The smallest absolute Gasteiger partial charge is 0.222 e. The Morgan fingerprint density at radius 2 is 1.94 bits per heavy atom. The third-order valence-corrected chi connectivity index (χ3v) is 4.15. The molecule has 100 valence electrons. The summed E-state index contributed by atoms with van der Waals surface area (Å²) in [5.41, 5.74) is 0. The molecule has 17 heavy (non-hydrogen) atoms. The van der Waals surface area contributed by atoms with Crippen LogP contribution < -0.4 is 5.32 Å². The van der Waals surface area contributed by atoms with Gasteiger partial charge >= 0.3 is 0 Å². The van der Waals surface area contributed by atoms with E-state index in [9.17, 15) is 4.79 Å². The van der Waals surface area contributed by atoms with E-state index in [-0.39, 0.29) is 0 Å². The van der Waals surface area contributed by atoms with Crippen molar-refractivity contribution >= 4 is 5.91 Å². The fraction of sp³-hybridized carbons (Fsp3) is 0.929. The summed E-state index contributed by atoms with van der Waals surface area (Å²) in [6, 6.07) is 0.500. The van der Waals surface area contributed by atoms with Crippen molar-refractivity contribution in [1.29, 1.82) is 0 Å². The van der Waals surface area contributed by atoms with Gasteiger partial charge in [0.25, 0.3) is 0 Å². The molecule has 0 bridgehead atoms. The maximum atomic E-state index is 12.0. The summed E-state index contributed by atoms with van der Waals surface area (Å²) in [7, 11) is 3.92. The number of hydrogen-bond acceptors (Lipinski definition) is 2. The van der Waals surface area contributed by atoms with Gasteiger partial charge in [0.05, 0.1) is 0 Å². The van der Waals surface area contributed by atoms with Crippen molar-refractivity contribution in [1.82, 2.24) is 10.2 Å². The Bertz CT molecular complexity index is 222. The van der Waals surface area contributed by atoms with Crippen LogP contribution in [0.25, 0.3) is 0 Å². The predicted molar refractivity (Wildman–Crippen MR) is 72.0 cm³/mol. The normalized spacial score (nSPS) is 24.6. The summed E-state index contributed by atoms with van der Waals surface area (Å²) in [6.45, 7) is 3.21. The minimum absolute atomic E-state index is 0.320. The van der Waals surface area contributed by atoms with E-state index in [4.69, 9.17) is 0 Å². The van der Waals surface area contributed by atoms with Gasteiger partial charge in [0.1, 0.15) is 0 Å². The minimum Gasteiger partial charge on any atom is -0.343 e. The van der Waals surface area contributed by atoms with Crippen LogP contribution in [-0.2, 0) is 4.79 Å². The molecule has 0 spiro atoms. The first-order valence-corrected chi connectivity index (χ1v) is 7.09. The molecule has 1 amide bonds. The van der Waals surface area contributed by atoms with Crippen LogP contribution in [0.15, 0.2) is 0 Å². The standard InChI is InChI=1S/C14H28N2O/c1-4-12-7-9-13(10-8-12)16(3)14(17)6-5-11-15-2/h12-13,15H,4-11H2,1-3H3. The van der Waals surface area contributed by atoms with Gasteiger partial charge in [-0.2, -0.15) is 0 Å². The molecule has 0 aliphatic heterocycles. The van der Waals surface area contributed by atoms with Crippen molar-refractivity contribution in [3.63, 3.8) is 0 Å². The lowest BCUT2D eigenvalue weighted by molar-refractivity contribution is -0.132. The van der Waals surface area contributed by atoms with E-state index in [0.717, 1.165) is 18.9 Å². The van der Waals surface area contributed by atoms with Gasteiger partial charge in [-0.1, -0.05) is 13.3 Å². The average molecular weight is 240 g/mol. The van der Waals surface area contributed by atoms with Crippen LogP contribution in [0, 0.1) is 5.92 Å². The largest absolute Gasteiger partial charge is 0.343 e. The predicted octanol–water partition coefficient (Wildman–Crippen LogP) is 2.41. The lowest BCUT2D eigenvalue weighted by Gasteiger charge is -2.34. The number of hydrogen-bond donors (Lipinski definition) is 1. The Balaban J connectivity index is 2.27. The molecule has 0 heterocycles. The summed E-state index contributed by atoms with van der Waals surface area (Å²) < 4.78 is 0. The van der Waals surface area contributed by atoms with Gasteiger partial charge in [-0.25, -0.2) is 0 Å². The minimum atomic E-state index is 0.320. The Kier molecular flexibility index (Phi) is 6.56. The highest BCUT2D eigenvalue weighted by molar-refractivity contribution is 5.76. The molecule has 3 heteroatoms. The molecule has 0 aromatic heterocycles. The van der Waals surface area contributed by atoms with Gasteiger partial charge in [0.2, 0.25) is 5.91 Å². The number of carbonyl (C=O) groups excluding carboxylic acids is 1. The molecule has 0 radical (unpaired) electrons. The van der Waals surface area contributed by atoms with Crippen LogP contribution in [0.2, 0.25) is 0 Å². The highest BCUT2D eigenvalue weighted by atomic mass is 16.2. The second kappa shape index (κ2) is 7.70. The van der Waals surface area contributed by atoms with Gasteiger partial charge in [-0.3, -0.25) is 4.79 Å². The topological polar surface area (TPSA) is 32.3 Å². The molecule has 1 saturated carbocycles. The van der Waals surface area contributed by atoms with Gasteiger partial charge in [-0.05, 0) is 51.6 Å². The van der Waals surface area contributed by atoms with E-state index in [1.54, 1.807) is 0 Å². The molecule has 1 aliphatic rings. The quantitative estimate of drug-likeness (QED) is 0.723. The molecular formula is C14H28N2O. The highest BCUT2D eigenvalue weighted by Crippen LogP contribution is 2.29. The highest BCUT2D eigenvalue weighted by Gasteiger charge is 2.25. The zero-order valence-corrected chi connectivity index (χ0v) is 11.7. The van der Waals surface area contributed by atoms with Crippen molar-refractivity contribution in [2.24, 2.45) is 5.92 Å². The summed E-state index contributed by atoms with van der Waals surface area (Å²) in [4.78, 5) is 14.0. The van der Waals surface area contributed by atoms with Crippen LogP contribution in [0.3, 0.4) is 0 Å². The van der Waals surface area contributed by atoms with Gasteiger partial charge in [0.15, 0.2) is 0 Å². The molecule has 0 unspecified atom stereocenters. The fourth-order valence-corrected chi connectivity index (χ4v) is 2.74. The van der Waals surface area contributed by atoms with Crippen LogP contribution in [0.5, 0.6) is 0 Å². The molecule has 0 saturated heterocycles. The Morgan fingerprint density at radius 3 is 2.47 bits per heavy atom. The van der Waals surface area contributed by atoms with Crippen LogP contribution >= 0.6 is 0 Å². The molecule has 0 aromatic carbocycles. The second-order valence-corrected chi connectivity index (χ2v) is 5.29. The number of rotatable bonds is 6. The van der Waals surface area contributed by atoms with Gasteiger partial charge in [0, 0.05) is 19.5 Å². The number of carbonyl (C=O) groups is 1. The third kappa shape index (κ3) is 4.66. The van der Waals surface area contributed by atoms with Crippen molar-refractivity contribution in [2.75, 3.05) is 20.6 Å². The van der Waals surface area contributed by atoms with Crippen molar-refractivity contribution in [3.8, 4) is 0 Å². The molecule has 0 aromatic rings. The van der Waals surface area contributed by atoms with Crippen molar-refractivity contribution < 1.29 is 4.79 Å². The van der Waals surface area contributed by atoms with Crippen molar-refractivity contribution in [3.05, 3.63) is 0 Å². The van der Waals surface area contributed by atoms with E-state index < -0.39 is 0 Å². The maximum absolute atomic E-state index is 12.0. The Labute approximate surface area is 106 Å². The zero-order chi connectivity index (χ0) is 12.7. The van der Waals surface area contributed by atoms with E-state index in [2.05, 4.69) is 12.2 Å². The maximum Gasteiger partial charge on any atom is 0.222 e. The third-order valence-electron chi connectivity index (χ3n) is 4.15. The molecule has 1 rings (SSSR count). The summed E-state index contributed by atoms with van der Waals surface area (Å²) in [5, 5.41) is 3.08. The summed E-state index contributed by atoms with van der Waals surface area (Å²) in [6.07, 6.45) is 7.94. The van der Waals surface area contributed by atoms with E-state index in [0.29, 0.717) is 18.4 Å². The van der Waals surface area contributed by atoms with Gasteiger partial charge in [-0.15, -0.1) is 0 Å². The number of amides is 1. The average Bonchev–Trinajstić information content (AvgIpc) is 2.38. The molecule has 1 fully saturated rings. The van der Waals surface area contributed by atoms with E-state index >= 15 is 0 Å². The first-order chi connectivity index (χ1) is 8.19. The zero-order valence-electron chi connectivity index (χ0n) is 11.7. The second-order valence-electron chi connectivity index (χ2n) is 5.29. The van der Waals surface area contributed by atoms with Crippen LogP contribution in [-0.4, -0.2) is 37.5 Å². The summed E-state index contributed by atoms with van der Waals surface area (Å²) >= 11 is 0. The molecule has 0 atom stereocenters. The van der Waals surface area contributed by atoms with Gasteiger partial charge < -0.3 is 10.2 Å². The van der Waals surface area contributed by atoms with Crippen LogP contribution in [0.1, 0.15) is 51.9 Å². The van der Waals surface area contributed by atoms with Crippen molar-refractivity contribution in [2.45, 2.75) is 57.9 Å². The first kappa shape index (κ1) is 14.5. The Hall–Kier alpha value is -0.570. The number of nitrogens with one attached hydrogen (secondary N) is 1. The Morgan fingerprint density at radius 1 is 1.29 bits per heavy atom. The lowest BCUT2D eigenvalue weighted by Crippen LogP contribution is -2.39. The lowest BCUT2D eigenvalue weighted by atomic mass is 9.84. The van der Waals surface area contributed by atoms with E-state index in [1.165, 1.54) is 32.1 Å². The SMILES string of the molecule is CCC1CCC(N(C)C(=O)CCCNC)CC1. The molecular weight excluding hydrogens is 212 g/mol. The first-order valence-electron chi connectivity index (χ1n) is 7.09. The molecule has 1 aliphatic carbocycles. The van der Waals surface area contributed by atoms with E-state index in [1.807, 2.05) is 19.0 Å². The molecule has 3 nitrogen and oxygen atoms in total. The number of nitrogens with zero attached hydrogens (tertiary/aromatic N) is 1. The van der Waals surface area contributed by atoms with Crippen LogP contribution in [0.4, 0.5) is 0 Å².